The molecule has 1 aliphatic carbocycles. The van der Waals surface area contributed by atoms with E-state index in [1.54, 1.807) is 0 Å². The molecule has 2 saturated heterocycles. The van der Waals surface area contributed by atoms with Crippen LogP contribution < -0.4 is 10.6 Å². The fourth-order valence-corrected chi connectivity index (χ4v) is 4.90. The molecule has 1 aromatic carbocycles. The summed E-state index contributed by atoms with van der Waals surface area (Å²) in [5.41, 5.74) is 0.821. The second-order valence-electron chi connectivity index (χ2n) is 10.2. The summed E-state index contributed by atoms with van der Waals surface area (Å²) in [6.07, 6.45) is 5.26. The van der Waals surface area contributed by atoms with Gasteiger partial charge in [-0.1, -0.05) is 0 Å². The van der Waals surface area contributed by atoms with E-state index in [0.29, 0.717) is 29.2 Å². The lowest BCUT2D eigenvalue weighted by Gasteiger charge is -2.49. The molecule has 1 saturated carbocycles. The molecular formula is C25H27FN8O2. The number of benzene rings is 1. The normalized spacial score (nSPS) is 21.2. The van der Waals surface area contributed by atoms with Gasteiger partial charge in [-0.2, -0.15) is 5.26 Å². The van der Waals surface area contributed by atoms with Gasteiger partial charge in [0.1, 0.15) is 35.1 Å². The van der Waals surface area contributed by atoms with E-state index in [9.17, 15) is 9.18 Å². The molecule has 10 nitrogen and oxygen atoms in total. The number of ether oxygens (including phenoxy) is 1. The maximum Gasteiger partial charge on any atom is 0.410 e. The van der Waals surface area contributed by atoms with Crippen LogP contribution >= 0.6 is 0 Å². The van der Waals surface area contributed by atoms with E-state index < -0.39 is 11.4 Å². The Balaban J connectivity index is 1.35. The van der Waals surface area contributed by atoms with E-state index in [-0.39, 0.29) is 35.3 Å². The van der Waals surface area contributed by atoms with E-state index in [2.05, 4.69) is 30.6 Å². The van der Waals surface area contributed by atoms with Crippen LogP contribution in [0.15, 0.2) is 30.9 Å². The monoisotopic (exact) mass is 490 g/mol. The third-order valence-corrected chi connectivity index (χ3v) is 6.56. The van der Waals surface area contributed by atoms with Crippen molar-refractivity contribution in [3.63, 3.8) is 0 Å². The number of aromatic nitrogens is 4. The largest absolute Gasteiger partial charge is 0.444 e. The topological polar surface area (TPSA) is 129 Å². The number of anilines is 3. The third-order valence-electron chi connectivity index (χ3n) is 6.56. The lowest BCUT2D eigenvalue weighted by molar-refractivity contribution is -0.0151. The molecule has 3 atom stereocenters. The molecule has 2 aliphatic heterocycles. The van der Waals surface area contributed by atoms with Crippen molar-refractivity contribution in [2.45, 2.75) is 57.7 Å². The molecule has 186 valence electrons. The van der Waals surface area contributed by atoms with Crippen LogP contribution in [0, 0.1) is 23.1 Å². The van der Waals surface area contributed by atoms with Gasteiger partial charge in [0.05, 0.1) is 17.3 Å². The van der Waals surface area contributed by atoms with Gasteiger partial charge in [0.2, 0.25) is 0 Å². The number of nitriles is 1. The lowest BCUT2D eigenvalue weighted by Crippen LogP contribution is -2.58. The van der Waals surface area contributed by atoms with Crippen LogP contribution in [0.3, 0.4) is 0 Å². The Morgan fingerprint density at radius 3 is 2.50 bits per heavy atom. The number of amides is 1. The highest BCUT2D eigenvalue weighted by molar-refractivity contribution is 5.93. The van der Waals surface area contributed by atoms with E-state index >= 15 is 0 Å². The second kappa shape index (κ2) is 9.18. The molecule has 1 amide bonds. The van der Waals surface area contributed by atoms with Crippen LogP contribution in [0.25, 0.3) is 11.0 Å². The Labute approximate surface area is 207 Å². The van der Waals surface area contributed by atoms with Crippen LogP contribution in [-0.4, -0.2) is 55.2 Å². The molecule has 0 spiro atoms. The van der Waals surface area contributed by atoms with E-state index in [4.69, 9.17) is 10.00 Å². The van der Waals surface area contributed by atoms with Gasteiger partial charge in [0.15, 0.2) is 11.6 Å². The Kier molecular flexibility index (Phi) is 6.04. The highest BCUT2D eigenvalue weighted by atomic mass is 19.1. The summed E-state index contributed by atoms with van der Waals surface area (Å²) in [4.78, 5) is 31.9. The highest BCUT2D eigenvalue weighted by Crippen LogP contribution is 2.38. The molecule has 4 heterocycles. The predicted molar refractivity (Wildman–Crippen MR) is 131 cm³/mol. The number of nitrogens with one attached hydrogen (secondary N) is 2. The van der Waals surface area contributed by atoms with Crippen molar-refractivity contribution in [3.05, 3.63) is 42.2 Å². The number of carbonyl (C=O) groups is 1. The first-order valence-corrected chi connectivity index (χ1v) is 11.9. The van der Waals surface area contributed by atoms with Gasteiger partial charge >= 0.3 is 6.09 Å². The number of hydrogen-bond donors (Lipinski definition) is 2. The fraction of sp³-hybridized carbons (Fsp3) is 0.440. The maximum absolute atomic E-state index is 14.4. The van der Waals surface area contributed by atoms with Crippen molar-refractivity contribution in [3.8, 4) is 6.07 Å². The first-order chi connectivity index (χ1) is 17.2. The smallest absolute Gasteiger partial charge is 0.410 e. The van der Waals surface area contributed by atoms with Crippen LogP contribution in [0.1, 0.15) is 45.6 Å². The van der Waals surface area contributed by atoms with Crippen molar-refractivity contribution in [2.24, 2.45) is 5.92 Å². The number of rotatable bonds is 4. The molecule has 0 unspecified atom stereocenters. The summed E-state index contributed by atoms with van der Waals surface area (Å²) in [6.45, 7) is 6.25. The van der Waals surface area contributed by atoms with Crippen molar-refractivity contribution in [1.82, 2.24) is 24.8 Å². The summed E-state index contributed by atoms with van der Waals surface area (Å²) in [5, 5.41) is 15.4. The molecule has 3 aliphatic rings. The molecule has 3 fully saturated rings. The average Bonchev–Trinajstić information content (AvgIpc) is 2.85. The first-order valence-electron chi connectivity index (χ1n) is 11.9. The number of hydrogen-bond acceptors (Lipinski definition) is 9. The van der Waals surface area contributed by atoms with Crippen LogP contribution in [0.2, 0.25) is 0 Å². The molecule has 36 heavy (non-hydrogen) atoms. The Morgan fingerprint density at radius 1 is 1.14 bits per heavy atom. The highest BCUT2D eigenvalue weighted by Gasteiger charge is 2.44. The fourth-order valence-electron chi connectivity index (χ4n) is 4.90. The minimum atomic E-state index is -0.569. The maximum atomic E-state index is 14.4. The Hall–Kier alpha value is -4.07. The standard InChI is InChI=1S/C25H27FN8O2/c1-25(2,3)36-24(35)34-11-15-5-6-16(34)9-19(15)33-23-21-20(28-13-31-23)22(30-12-29-21)32-18-7-4-14(10-27)8-17(18)26/h4,7-8,12-13,15-16,19H,5-6,9,11H2,1-3H3,(H,28,31,33)(H,29,30,32)/t15-,16-,19+/m0/s1. The number of halogens is 1. The molecular weight excluding hydrogens is 463 g/mol. The van der Waals surface area contributed by atoms with E-state index in [0.717, 1.165) is 25.3 Å². The molecule has 2 bridgehead atoms. The average molecular weight is 491 g/mol. The molecule has 2 N–H and O–H groups in total. The molecule has 11 heteroatoms. The van der Waals surface area contributed by atoms with Gasteiger partial charge in [-0.25, -0.2) is 29.1 Å². The number of nitrogens with zero attached hydrogens (tertiary/aromatic N) is 6. The Morgan fingerprint density at radius 2 is 1.86 bits per heavy atom. The molecule has 3 aromatic rings. The van der Waals surface area contributed by atoms with Gasteiger partial charge in [0, 0.05) is 18.6 Å². The molecule has 0 radical (unpaired) electrons. The van der Waals surface area contributed by atoms with Crippen molar-refractivity contribution in [2.75, 3.05) is 17.2 Å². The minimum absolute atomic E-state index is 0.0988. The van der Waals surface area contributed by atoms with Gasteiger partial charge < -0.3 is 20.3 Å². The van der Waals surface area contributed by atoms with Crippen molar-refractivity contribution >= 4 is 34.4 Å². The zero-order valence-electron chi connectivity index (χ0n) is 20.3. The lowest BCUT2D eigenvalue weighted by atomic mass is 9.76. The molecule has 2 aromatic heterocycles. The third kappa shape index (κ3) is 4.71. The first kappa shape index (κ1) is 23.7. The number of fused-ring (bicyclic) bond motifs is 4. The van der Waals surface area contributed by atoms with E-state index in [1.165, 1.54) is 24.8 Å². The van der Waals surface area contributed by atoms with E-state index in [1.807, 2.05) is 31.7 Å². The molecule has 6 rings (SSSR count). The van der Waals surface area contributed by atoms with Crippen LogP contribution in [-0.2, 0) is 4.74 Å². The minimum Gasteiger partial charge on any atom is -0.444 e. The summed E-state index contributed by atoms with van der Waals surface area (Å²) >= 11 is 0. The Bertz CT molecular complexity index is 1350. The number of piperidine rings is 2. The van der Waals surface area contributed by atoms with Gasteiger partial charge in [0.25, 0.3) is 0 Å². The van der Waals surface area contributed by atoms with Gasteiger partial charge in [-0.3, -0.25) is 0 Å². The van der Waals surface area contributed by atoms with Gasteiger partial charge in [-0.15, -0.1) is 0 Å². The summed E-state index contributed by atoms with van der Waals surface area (Å²) in [7, 11) is 0. The summed E-state index contributed by atoms with van der Waals surface area (Å²) in [6, 6.07) is 6.29. The van der Waals surface area contributed by atoms with Crippen LogP contribution in [0.4, 0.5) is 26.5 Å². The van der Waals surface area contributed by atoms with Crippen LogP contribution in [0.5, 0.6) is 0 Å². The zero-order valence-corrected chi connectivity index (χ0v) is 20.3. The summed E-state index contributed by atoms with van der Waals surface area (Å²) in [5.74, 6) is 0.572. The second-order valence-corrected chi connectivity index (χ2v) is 10.2. The van der Waals surface area contributed by atoms with Gasteiger partial charge in [-0.05, 0) is 64.2 Å². The van der Waals surface area contributed by atoms with Crippen molar-refractivity contribution < 1.29 is 13.9 Å². The predicted octanol–water partition coefficient (Wildman–Crippen LogP) is 4.37. The zero-order chi connectivity index (χ0) is 25.4. The van der Waals surface area contributed by atoms with Crippen molar-refractivity contribution in [1.29, 1.82) is 5.26 Å². The summed E-state index contributed by atoms with van der Waals surface area (Å²) < 4.78 is 20.0. The number of carbonyl (C=O) groups excluding carboxylic acids is 1. The SMILES string of the molecule is CC(C)(C)OC(=O)N1C[C@@H]2CC[C@H]1C[C@H]2Nc1ncnc2c(Nc3ccc(C#N)cc3F)ncnc12. The quantitative estimate of drug-likeness (QED) is 0.547.